The smallest absolute Gasteiger partial charge is 0.342 e. The van der Waals surface area contributed by atoms with E-state index >= 15 is 0 Å². The average molecular weight is 242 g/mol. The molecule has 0 unspecified atom stereocenters. The van der Waals surface area contributed by atoms with Crippen LogP contribution in [0.15, 0.2) is 0 Å². The molecule has 0 aliphatic rings. The number of aliphatic hydroxyl groups is 6. The summed E-state index contributed by atoms with van der Waals surface area (Å²) < 4.78 is 0. The minimum absolute atomic E-state index is 0.0694. The maximum atomic E-state index is 8.48. The van der Waals surface area contributed by atoms with Crippen molar-refractivity contribution in [2.75, 3.05) is 46.5 Å². The number of rotatable bonds is 7. The van der Waals surface area contributed by atoms with Crippen LogP contribution in [-0.2, 0) is 0 Å². The molecule has 8 nitrogen and oxygen atoms in total. The van der Waals surface area contributed by atoms with E-state index in [1.54, 1.807) is 10.2 Å². The summed E-state index contributed by atoms with van der Waals surface area (Å²) in [5.41, 5.74) is 0. The molecule has 16 heavy (non-hydrogen) atoms. The Morgan fingerprint density at radius 3 is 1.25 bits per heavy atom. The normalized spacial score (nSPS) is 11.2. The number of aliphatic hydroxyl groups excluding tert-OH is 3. The lowest BCUT2D eigenvalue weighted by atomic mass is 10.4. The lowest BCUT2D eigenvalue weighted by Crippen LogP contribution is -2.41. The Hall–Kier alpha value is -0.320. The maximum Gasteiger partial charge on any atom is 0.342 e. The summed E-state index contributed by atoms with van der Waals surface area (Å²) in [5.74, 6) is 0. The van der Waals surface area contributed by atoms with Gasteiger partial charge in [-0.2, -0.15) is 0 Å². The van der Waals surface area contributed by atoms with Crippen molar-refractivity contribution in [3.05, 3.63) is 0 Å². The van der Waals surface area contributed by atoms with Gasteiger partial charge in [0.1, 0.15) is 0 Å². The van der Waals surface area contributed by atoms with Gasteiger partial charge >= 0.3 is 6.10 Å². The standard InChI is InChI=1S/C6H15NO3.C2H7NO3/c8-4-1-7(2-5-9)3-6-10;1-3-2(4,5)6/h8-10H,1-6H2;3-6H,1H3. The van der Waals surface area contributed by atoms with E-state index in [9.17, 15) is 0 Å². The molecule has 0 saturated carbocycles. The first-order chi connectivity index (χ1) is 7.41. The summed E-state index contributed by atoms with van der Waals surface area (Å²) in [7, 11) is 1.21. The third-order valence-electron chi connectivity index (χ3n) is 1.58. The van der Waals surface area contributed by atoms with Crippen molar-refractivity contribution in [3.63, 3.8) is 0 Å². The van der Waals surface area contributed by atoms with Gasteiger partial charge in [-0.15, -0.1) is 0 Å². The first-order valence-electron chi connectivity index (χ1n) is 4.82. The summed E-state index contributed by atoms with van der Waals surface area (Å²) in [6.45, 7) is 1.75. The maximum absolute atomic E-state index is 8.48. The first-order valence-corrected chi connectivity index (χ1v) is 4.82. The SMILES string of the molecule is CNC(O)(O)O.OCCN(CCO)CCO. The Labute approximate surface area is 94.4 Å². The molecular weight excluding hydrogens is 220 g/mol. The summed E-state index contributed by atoms with van der Waals surface area (Å²) in [6.07, 6.45) is -2.71. The second-order valence-electron chi connectivity index (χ2n) is 2.90. The van der Waals surface area contributed by atoms with Gasteiger partial charge in [0.25, 0.3) is 0 Å². The summed E-state index contributed by atoms with van der Waals surface area (Å²) >= 11 is 0. The molecular formula is C8H22N2O6. The molecule has 100 valence electrons. The molecule has 0 spiro atoms. The van der Waals surface area contributed by atoms with E-state index in [2.05, 4.69) is 0 Å². The van der Waals surface area contributed by atoms with E-state index < -0.39 is 6.10 Å². The fourth-order valence-corrected chi connectivity index (χ4v) is 0.760. The predicted octanol–water partition coefficient (Wildman–Crippen LogP) is -3.94. The quantitative estimate of drug-likeness (QED) is 0.225. The van der Waals surface area contributed by atoms with E-state index in [0.717, 1.165) is 0 Å². The fraction of sp³-hybridized carbons (Fsp3) is 1.00. The monoisotopic (exact) mass is 242 g/mol. The van der Waals surface area contributed by atoms with Crippen molar-refractivity contribution >= 4 is 0 Å². The zero-order valence-electron chi connectivity index (χ0n) is 9.37. The van der Waals surface area contributed by atoms with Crippen LogP contribution in [0.2, 0.25) is 0 Å². The van der Waals surface area contributed by atoms with Gasteiger partial charge in [-0.3, -0.25) is 4.90 Å². The molecule has 0 saturated heterocycles. The topological polar surface area (TPSA) is 137 Å². The van der Waals surface area contributed by atoms with Gasteiger partial charge in [0.2, 0.25) is 0 Å². The van der Waals surface area contributed by atoms with Gasteiger partial charge in [-0.1, -0.05) is 0 Å². The van der Waals surface area contributed by atoms with Crippen LogP contribution in [-0.4, -0.2) is 88.1 Å². The molecule has 0 aromatic carbocycles. The van der Waals surface area contributed by atoms with E-state index in [-0.39, 0.29) is 19.8 Å². The van der Waals surface area contributed by atoms with Gasteiger partial charge in [0.05, 0.1) is 19.8 Å². The third kappa shape index (κ3) is 16.1. The van der Waals surface area contributed by atoms with Crippen LogP contribution in [0.5, 0.6) is 0 Å². The number of hydrogen-bond acceptors (Lipinski definition) is 8. The van der Waals surface area contributed by atoms with Crippen molar-refractivity contribution in [1.82, 2.24) is 10.2 Å². The fourth-order valence-electron chi connectivity index (χ4n) is 0.760. The van der Waals surface area contributed by atoms with Crippen LogP contribution in [0, 0.1) is 0 Å². The average Bonchev–Trinajstić information content (AvgIpc) is 2.19. The minimum Gasteiger partial charge on any atom is -0.395 e. The molecule has 0 aromatic rings. The molecule has 0 amide bonds. The molecule has 0 aromatic heterocycles. The van der Waals surface area contributed by atoms with E-state index in [0.29, 0.717) is 19.6 Å². The summed E-state index contributed by atoms with van der Waals surface area (Å²) in [6, 6.07) is 0. The zero-order chi connectivity index (χ0) is 13.0. The lowest BCUT2D eigenvalue weighted by molar-refractivity contribution is -0.328. The second-order valence-corrected chi connectivity index (χ2v) is 2.90. The van der Waals surface area contributed by atoms with E-state index in [4.69, 9.17) is 30.6 Å². The van der Waals surface area contributed by atoms with Gasteiger partial charge < -0.3 is 30.6 Å². The van der Waals surface area contributed by atoms with Gasteiger partial charge in [-0.05, 0) is 7.05 Å². The van der Waals surface area contributed by atoms with E-state index in [1.165, 1.54) is 7.05 Å². The Bertz CT molecular complexity index is 127. The van der Waals surface area contributed by atoms with Crippen LogP contribution in [0.1, 0.15) is 0 Å². The molecule has 0 rings (SSSR count). The summed E-state index contributed by atoms with van der Waals surface area (Å²) in [4.78, 5) is 1.79. The molecule has 0 aliphatic heterocycles. The van der Waals surface area contributed by atoms with Gasteiger partial charge in [-0.25, -0.2) is 5.32 Å². The van der Waals surface area contributed by atoms with Gasteiger partial charge in [0.15, 0.2) is 0 Å². The second kappa shape index (κ2) is 11.2. The Balaban J connectivity index is 0. The number of nitrogens with zero attached hydrogens (tertiary/aromatic N) is 1. The van der Waals surface area contributed by atoms with E-state index in [1.807, 2.05) is 0 Å². The minimum atomic E-state index is -2.71. The van der Waals surface area contributed by atoms with Crippen molar-refractivity contribution in [3.8, 4) is 0 Å². The zero-order valence-corrected chi connectivity index (χ0v) is 9.37. The van der Waals surface area contributed by atoms with Crippen molar-refractivity contribution in [1.29, 1.82) is 0 Å². The van der Waals surface area contributed by atoms with Crippen molar-refractivity contribution < 1.29 is 30.6 Å². The highest BCUT2D eigenvalue weighted by atomic mass is 16.7. The molecule has 0 atom stereocenters. The Morgan fingerprint density at radius 1 is 0.875 bits per heavy atom. The van der Waals surface area contributed by atoms with Crippen molar-refractivity contribution in [2.24, 2.45) is 0 Å². The molecule has 7 N–H and O–H groups in total. The lowest BCUT2D eigenvalue weighted by Gasteiger charge is -2.17. The number of hydrogen-bond donors (Lipinski definition) is 7. The molecule has 0 radical (unpaired) electrons. The highest BCUT2D eigenvalue weighted by Gasteiger charge is 2.11. The Morgan fingerprint density at radius 2 is 1.12 bits per heavy atom. The van der Waals surface area contributed by atoms with Crippen LogP contribution in [0.3, 0.4) is 0 Å². The molecule has 0 heterocycles. The van der Waals surface area contributed by atoms with Crippen LogP contribution < -0.4 is 5.32 Å². The predicted molar refractivity (Wildman–Crippen MR) is 56.1 cm³/mol. The summed E-state index contributed by atoms with van der Waals surface area (Å²) in [5, 5.41) is 50.7. The third-order valence-corrected chi connectivity index (χ3v) is 1.58. The molecule has 0 aliphatic carbocycles. The first kappa shape index (κ1) is 18.1. The number of nitrogens with one attached hydrogen (secondary N) is 1. The highest BCUT2D eigenvalue weighted by molar-refractivity contribution is 4.54. The van der Waals surface area contributed by atoms with Crippen LogP contribution in [0.4, 0.5) is 0 Å². The van der Waals surface area contributed by atoms with Crippen LogP contribution in [0.25, 0.3) is 0 Å². The van der Waals surface area contributed by atoms with Gasteiger partial charge in [0, 0.05) is 19.6 Å². The molecule has 0 fully saturated rings. The van der Waals surface area contributed by atoms with Crippen molar-refractivity contribution in [2.45, 2.75) is 6.10 Å². The highest BCUT2D eigenvalue weighted by Crippen LogP contribution is 1.84. The Kier molecular flexibility index (Phi) is 12.6. The molecule has 0 bridgehead atoms. The van der Waals surface area contributed by atoms with Crippen LogP contribution >= 0.6 is 0 Å². The molecule has 8 heteroatoms. The largest absolute Gasteiger partial charge is 0.395 e.